The number of ether oxygens (including phenoxy) is 2. The summed E-state index contributed by atoms with van der Waals surface area (Å²) in [6.45, 7) is 1.87. The fourth-order valence-electron chi connectivity index (χ4n) is 2.93. The van der Waals surface area contributed by atoms with Crippen LogP contribution in [0.3, 0.4) is 0 Å². The quantitative estimate of drug-likeness (QED) is 0.637. The van der Waals surface area contributed by atoms with Crippen molar-refractivity contribution in [1.29, 1.82) is 0 Å². The second kappa shape index (κ2) is 7.53. The number of halogens is 6. The molecule has 0 amide bonds. The molecule has 0 radical (unpaired) electrons. The summed E-state index contributed by atoms with van der Waals surface area (Å²) in [5.74, 6) is 0. The second-order valence-corrected chi connectivity index (χ2v) is 6.04. The van der Waals surface area contributed by atoms with Crippen molar-refractivity contribution in [3.8, 4) is 0 Å². The Labute approximate surface area is 142 Å². The Bertz CT molecular complexity index is 547. The number of hydrogen-bond acceptors (Lipinski definition) is 2. The fraction of sp³-hybridized carbons (Fsp3) is 0.647. The molecule has 1 aromatic rings. The van der Waals surface area contributed by atoms with Gasteiger partial charge in [0.15, 0.2) is 6.29 Å². The van der Waals surface area contributed by atoms with Crippen molar-refractivity contribution in [2.24, 2.45) is 0 Å². The molecule has 0 aromatic heterocycles. The van der Waals surface area contributed by atoms with E-state index in [0.29, 0.717) is 31.2 Å². The van der Waals surface area contributed by atoms with E-state index in [9.17, 15) is 26.3 Å². The molecule has 1 heterocycles. The van der Waals surface area contributed by atoms with E-state index in [1.165, 1.54) is 12.1 Å². The first-order chi connectivity index (χ1) is 11.6. The Morgan fingerprint density at radius 1 is 1.08 bits per heavy atom. The molecule has 142 valence electrons. The van der Waals surface area contributed by atoms with Gasteiger partial charge in [0, 0.05) is 12.2 Å². The average Bonchev–Trinajstić information content (AvgIpc) is 2.52. The van der Waals surface area contributed by atoms with Gasteiger partial charge in [-0.25, -0.2) is 0 Å². The van der Waals surface area contributed by atoms with Gasteiger partial charge in [-0.15, -0.1) is 0 Å². The van der Waals surface area contributed by atoms with Crippen LogP contribution in [-0.2, 0) is 21.5 Å². The third-order valence-corrected chi connectivity index (χ3v) is 4.12. The summed E-state index contributed by atoms with van der Waals surface area (Å²) in [6.07, 6.45) is -10.9. The van der Waals surface area contributed by atoms with Crippen molar-refractivity contribution < 1.29 is 35.8 Å². The topological polar surface area (TPSA) is 18.5 Å². The van der Waals surface area contributed by atoms with E-state index < -0.39 is 29.8 Å². The first-order valence-electron chi connectivity index (χ1n) is 8.14. The van der Waals surface area contributed by atoms with Crippen molar-refractivity contribution in [2.75, 3.05) is 6.61 Å². The molecule has 1 fully saturated rings. The van der Waals surface area contributed by atoms with Crippen LogP contribution in [0.2, 0.25) is 0 Å². The number of hydrogen-bond donors (Lipinski definition) is 0. The molecule has 0 aliphatic carbocycles. The number of aryl methyl sites for hydroxylation is 1. The summed E-state index contributed by atoms with van der Waals surface area (Å²) in [6, 6.07) is 4.43. The predicted molar refractivity (Wildman–Crippen MR) is 78.9 cm³/mol. The van der Waals surface area contributed by atoms with Gasteiger partial charge >= 0.3 is 12.4 Å². The Kier molecular flexibility index (Phi) is 6.04. The van der Waals surface area contributed by atoms with E-state index in [2.05, 4.69) is 4.74 Å². The third-order valence-electron chi connectivity index (χ3n) is 4.12. The molecule has 1 unspecified atom stereocenters. The van der Waals surface area contributed by atoms with Gasteiger partial charge in [-0.2, -0.15) is 26.3 Å². The van der Waals surface area contributed by atoms with Crippen molar-refractivity contribution in [1.82, 2.24) is 0 Å². The van der Waals surface area contributed by atoms with Crippen LogP contribution in [0.4, 0.5) is 26.3 Å². The number of rotatable bonds is 5. The molecule has 0 bridgehead atoms. The minimum Gasteiger partial charge on any atom is -0.353 e. The maximum atomic E-state index is 13.7. The summed E-state index contributed by atoms with van der Waals surface area (Å²) >= 11 is 0. The molecular formula is C17H20F6O2. The van der Waals surface area contributed by atoms with Gasteiger partial charge in [0.05, 0.1) is 0 Å². The summed E-state index contributed by atoms with van der Waals surface area (Å²) in [5, 5.41) is 0. The largest absolute Gasteiger partial charge is 0.430 e. The molecular weight excluding hydrogens is 350 g/mol. The highest BCUT2D eigenvalue weighted by molar-refractivity contribution is 5.32. The molecule has 0 N–H and O–H groups in total. The summed E-state index contributed by atoms with van der Waals surface area (Å²) < 4.78 is 92.0. The van der Waals surface area contributed by atoms with E-state index in [-0.39, 0.29) is 13.0 Å². The van der Waals surface area contributed by atoms with E-state index in [4.69, 9.17) is 4.74 Å². The average molecular weight is 370 g/mol. The lowest BCUT2D eigenvalue weighted by atomic mass is 9.89. The highest BCUT2D eigenvalue weighted by Gasteiger charge is 2.74. The van der Waals surface area contributed by atoms with E-state index in [0.717, 1.165) is 12.1 Å². The van der Waals surface area contributed by atoms with Crippen molar-refractivity contribution in [3.63, 3.8) is 0 Å². The molecule has 8 heteroatoms. The van der Waals surface area contributed by atoms with Gasteiger partial charge in [0.2, 0.25) is 0 Å². The predicted octanol–water partition coefficient (Wildman–Crippen LogP) is 5.50. The van der Waals surface area contributed by atoms with Crippen LogP contribution in [0, 0.1) is 0 Å². The first-order valence-corrected chi connectivity index (χ1v) is 8.14. The lowest BCUT2D eigenvalue weighted by Crippen LogP contribution is -2.58. The molecule has 2 nitrogen and oxygen atoms in total. The lowest BCUT2D eigenvalue weighted by molar-refractivity contribution is -0.419. The van der Waals surface area contributed by atoms with Gasteiger partial charge in [-0.05, 0) is 31.2 Å². The maximum Gasteiger partial charge on any atom is 0.430 e. The molecule has 1 aromatic carbocycles. The molecule has 0 spiro atoms. The zero-order valence-electron chi connectivity index (χ0n) is 13.7. The maximum absolute atomic E-state index is 13.7. The third kappa shape index (κ3) is 4.11. The van der Waals surface area contributed by atoms with Gasteiger partial charge in [0.25, 0.3) is 5.60 Å². The number of benzene rings is 1. The highest BCUT2D eigenvalue weighted by Crippen LogP contribution is 2.54. The minimum atomic E-state index is -5.68. The van der Waals surface area contributed by atoms with Crippen LogP contribution in [0.5, 0.6) is 0 Å². The number of alkyl halides is 6. The minimum absolute atomic E-state index is 0.0113. The van der Waals surface area contributed by atoms with Gasteiger partial charge in [-0.1, -0.05) is 37.6 Å². The zero-order chi connectivity index (χ0) is 18.7. The van der Waals surface area contributed by atoms with Crippen molar-refractivity contribution >= 4 is 0 Å². The highest BCUT2D eigenvalue weighted by atomic mass is 19.4. The molecule has 1 aliphatic rings. The Balaban J connectivity index is 2.55. The molecule has 25 heavy (non-hydrogen) atoms. The smallest absolute Gasteiger partial charge is 0.353 e. The van der Waals surface area contributed by atoms with Crippen LogP contribution < -0.4 is 0 Å². The van der Waals surface area contributed by atoms with Crippen molar-refractivity contribution in [3.05, 3.63) is 35.4 Å². The normalized spacial score (nSPS) is 19.9. The van der Waals surface area contributed by atoms with Gasteiger partial charge in [-0.3, -0.25) is 0 Å². The van der Waals surface area contributed by atoms with Crippen LogP contribution >= 0.6 is 0 Å². The van der Waals surface area contributed by atoms with Crippen LogP contribution in [-0.4, -0.2) is 25.2 Å². The summed E-state index contributed by atoms with van der Waals surface area (Å²) in [5.41, 5.74) is -4.98. The van der Waals surface area contributed by atoms with Crippen LogP contribution in [0.1, 0.15) is 43.7 Å². The summed E-state index contributed by atoms with van der Waals surface area (Å²) in [4.78, 5) is 0. The monoisotopic (exact) mass is 370 g/mol. The van der Waals surface area contributed by atoms with Crippen LogP contribution in [0.15, 0.2) is 24.3 Å². The molecule has 0 saturated carbocycles. The van der Waals surface area contributed by atoms with E-state index >= 15 is 0 Å². The molecule has 1 atom stereocenters. The van der Waals surface area contributed by atoms with Gasteiger partial charge < -0.3 is 9.47 Å². The fourth-order valence-corrected chi connectivity index (χ4v) is 2.93. The zero-order valence-corrected chi connectivity index (χ0v) is 13.7. The second-order valence-electron chi connectivity index (χ2n) is 6.04. The van der Waals surface area contributed by atoms with Crippen molar-refractivity contribution in [2.45, 2.75) is 63.3 Å². The van der Waals surface area contributed by atoms with E-state index in [1.54, 1.807) is 6.92 Å². The lowest BCUT2D eigenvalue weighted by Gasteiger charge is -2.40. The Morgan fingerprint density at radius 3 is 2.28 bits per heavy atom. The molecule has 2 rings (SSSR count). The van der Waals surface area contributed by atoms with Gasteiger partial charge in [0.1, 0.15) is 0 Å². The summed E-state index contributed by atoms with van der Waals surface area (Å²) in [7, 11) is 0. The Morgan fingerprint density at radius 2 is 1.76 bits per heavy atom. The Hall–Kier alpha value is -1.28. The van der Waals surface area contributed by atoms with E-state index in [1.807, 2.05) is 0 Å². The van der Waals surface area contributed by atoms with Crippen LogP contribution in [0.25, 0.3) is 0 Å². The first kappa shape index (κ1) is 20.0. The molecule has 1 saturated heterocycles. The molecule has 1 aliphatic heterocycles. The standard InChI is InChI=1S/C17H20F6O2/c1-2-6-12-7-5-8-13(11-12)15(16(18,19)20,17(21,22)23)25-14-9-3-4-10-24-14/h5,7-8,11,14H,2-4,6,9-10H2,1H3. The SMILES string of the molecule is CCCc1cccc(C(OC2CCCCO2)(C(F)(F)F)C(F)(F)F)c1.